The van der Waals surface area contributed by atoms with Gasteiger partial charge >= 0.3 is 0 Å². The first-order valence-corrected chi connectivity index (χ1v) is 9.92. The summed E-state index contributed by atoms with van der Waals surface area (Å²) in [5.74, 6) is 1.54. The van der Waals surface area contributed by atoms with E-state index in [0.29, 0.717) is 31.9 Å². The molecule has 0 bridgehead atoms. The average Bonchev–Trinajstić information content (AvgIpc) is 3.25. The van der Waals surface area contributed by atoms with Gasteiger partial charge in [0.2, 0.25) is 0 Å². The lowest BCUT2D eigenvalue weighted by Crippen LogP contribution is -2.49. The summed E-state index contributed by atoms with van der Waals surface area (Å²) in [7, 11) is 0. The molecule has 0 aliphatic carbocycles. The van der Waals surface area contributed by atoms with Crippen molar-refractivity contribution in [2.24, 2.45) is 0 Å². The molecule has 0 unspecified atom stereocenters. The Bertz CT molecular complexity index is 1210. The van der Waals surface area contributed by atoms with E-state index in [1.165, 1.54) is 0 Å². The van der Waals surface area contributed by atoms with Crippen LogP contribution in [0.3, 0.4) is 0 Å². The Balaban J connectivity index is 1.31. The van der Waals surface area contributed by atoms with E-state index >= 15 is 0 Å². The van der Waals surface area contributed by atoms with E-state index in [2.05, 4.69) is 25.0 Å². The van der Waals surface area contributed by atoms with E-state index < -0.39 is 0 Å². The van der Waals surface area contributed by atoms with E-state index in [1.54, 1.807) is 17.2 Å². The van der Waals surface area contributed by atoms with Crippen molar-refractivity contribution in [3.05, 3.63) is 72.6 Å². The number of anilines is 1. The fraction of sp³-hybridized carbons (Fsp3) is 0.227. The fourth-order valence-corrected chi connectivity index (χ4v) is 3.76. The topological polar surface area (TPSA) is 80.0 Å². The average molecular weight is 399 g/mol. The summed E-state index contributed by atoms with van der Waals surface area (Å²) in [6, 6.07) is 13.6. The molecule has 0 spiro atoms. The highest BCUT2D eigenvalue weighted by atomic mass is 16.2. The molecule has 1 amide bonds. The van der Waals surface area contributed by atoms with E-state index in [4.69, 9.17) is 0 Å². The maximum Gasteiger partial charge on any atom is 0.273 e. The van der Waals surface area contributed by atoms with Gasteiger partial charge in [0.05, 0.1) is 5.69 Å². The number of pyridine rings is 1. The second kappa shape index (κ2) is 7.55. The molecule has 4 aromatic rings. The standard InChI is InChI=1S/C22H21N7O/c1-16-7-9-29(26-16)20-14-19(24-15-25-20)27-10-12-28(13-11-27)22(30)21-18-5-3-2-4-17(18)6-8-23-21/h2-9,14-15H,10-13H2,1H3. The quantitative estimate of drug-likeness (QED) is 0.527. The molecule has 0 atom stereocenters. The number of benzene rings is 1. The molecule has 0 radical (unpaired) electrons. The Hall–Kier alpha value is -3.81. The Morgan fingerprint density at radius 1 is 0.933 bits per heavy atom. The van der Waals surface area contributed by atoms with Gasteiger partial charge in [-0.1, -0.05) is 24.3 Å². The number of rotatable bonds is 3. The summed E-state index contributed by atoms with van der Waals surface area (Å²) in [4.78, 5) is 30.3. The number of piperazine rings is 1. The smallest absolute Gasteiger partial charge is 0.273 e. The zero-order valence-electron chi connectivity index (χ0n) is 16.6. The number of hydrogen-bond acceptors (Lipinski definition) is 6. The van der Waals surface area contributed by atoms with E-state index in [-0.39, 0.29) is 5.91 Å². The molecule has 30 heavy (non-hydrogen) atoms. The second-order valence-corrected chi connectivity index (χ2v) is 7.30. The molecule has 1 saturated heterocycles. The lowest BCUT2D eigenvalue weighted by atomic mass is 10.1. The van der Waals surface area contributed by atoms with Gasteiger partial charge in [-0.05, 0) is 24.4 Å². The highest BCUT2D eigenvalue weighted by Crippen LogP contribution is 2.20. The molecule has 8 nitrogen and oxygen atoms in total. The third-order valence-corrected chi connectivity index (χ3v) is 5.36. The molecule has 0 saturated carbocycles. The van der Waals surface area contributed by atoms with Crippen LogP contribution in [0, 0.1) is 6.92 Å². The predicted molar refractivity (Wildman–Crippen MR) is 114 cm³/mol. The van der Waals surface area contributed by atoms with Crippen molar-refractivity contribution in [3.8, 4) is 5.82 Å². The molecule has 150 valence electrons. The molecular formula is C22H21N7O. The summed E-state index contributed by atoms with van der Waals surface area (Å²) in [5, 5.41) is 6.32. The molecule has 8 heteroatoms. The third-order valence-electron chi connectivity index (χ3n) is 5.36. The number of fused-ring (bicyclic) bond motifs is 1. The van der Waals surface area contributed by atoms with Gasteiger partial charge in [0.1, 0.15) is 17.8 Å². The van der Waals surface area contributed by atoms with E-state index in [9.17, 15) is 4.79 Å². The number of carbonyl (C=O) groups excluding carboxylic acids is 1. The van der Waals surface area contributed by atoms with Crippen LogP contribution in [0.2, 0.25) is 0 Å². The minimum atomic E-state index is -0.0261. The van der Waals surface area contributed by atoms with Crippen molar-refractivity contribution in [1.82, 2.24) is 29.6 Å². The molecule has 5 rings (SSSR count). The summed E-state index contributed by atoms with van der Waals surface area (Å²) in [5.41, 5.74) is 1.45. The molecule has 1 fully saturated rings. The van der Waals surface area contributed by atoms with Crippen LogP contribution in [0.5, 0.6) is 0 Å². The zero-order valence-corrected chi connectivity index (χ0v) is 16.6. The van der Waals surface area contributed by atoms with Crippen LogP contribution in [0.25, 0.3) is 16.6 Å². The van der Waals surface area contributed by atoms with Crippen molar-refractivity contribution in [1.29, 1.82) is 0 Å². The van der Waals surface area contributed by atoms with Gasteiger partial charge < -0.3 is 9.80 Å². The number of amides is 1. The molecular weight excluding hydrogens is 378 g/mol. The highest BCUT2D eigenvalue weighted by Gasteiger charge is 2.25. The molecule has 4 heterocycles. The number of nitrogens with zero attached hydrogens (tertiary/aromatic N) is 7. The van der Waals surface area contributed by atoms with Crippen molar-refractivity contribution in [3.63, 3.8) is 0 Å². The first kappa shape index (κ1) is 18.2. The summed E-state index contributed by atoms with van der Waals surface area (Å²) in [6.45, 7) is 4.57. The Morgan fingerprint density at radius 3 is 2.53 bits per heavy atom. The Labute approximate surface area is 173 Å². The van der Waals surface area contributed by atoms with Crippen LogP contribution in [0.1, 0.15) is 16.2 Å². The fourth-order valence-electron chi connectivity index (χ4n) is 3.76. The minimum absolute atomic E-state index is 0.0261. The number of hydrogen-bond donors (Lipinski definition) is 0. The van der Waals surface area contributed by atoms with E-state index in [1.807, 2.05) is 60.5 Å². The first-order valence-electron chi connectivity index (χ1n) is 9.92. The predicted octanol–water partition coefficient (Wildman–Crippen LogP) is 2.48. The second-order valence-electron chi connectivity index (χ2n) is 7.30. The molecule has 1 aliphatic heterocycles. The lowest BCUT2D eigenvalue weighted by Gasteiger charge is -2.35. The van der Waals surface area contributed by atoms with Gasteiger partial charge in [-0.2, -0.15) is 5.10 Å². The largest absolute Gasteiger partial charge is 0.353 e. The zero-order chi connectivity index (χ0) is 20.5. The van der Waals surface area contributed by atoms with Crippen molar-refractivity contribution in [2.45, 2.75) is 6.92 Å². The maximum absolute atomic E-state index is 13.1. The van der Waals surface area contributed by atoms with Gasteiger partial charge in [0.15, 0.2) is 5.82 Å². The Kier molecular flexibility index (Phi) is 4.59. The van der Waals surface area contributed by atoms with Gasteiger partial charge in [0.25, 0.3) is 5.91 Å². The minimum Gasteiger partial charge on any atom is -0.353 e. The van der Waals surface area contributed by atoms with Crippen molar-refractivity contribution < 1.29 is 4.79 Å². The van der Waals surface area contributed by atoms with Crippen LogP contribution in [-0.4, -0.2) is 61.7 Å². The van der Waals surface area contributed by atoms with Gasteiger partial charge in [-0.25, -0.2) is 14.6 Å². The van der Waals surface area contributed by atoms with Crippen LogP contribution in [-0.2, 0) is 0 Å². The SMILES string of the molecule is Cc1ccn(-c2cc(N3CCN(C(=O)c4nccc5ccccc45)CC3)ncn2)n1. The van der Waals surface area contributed by atoms with Gasteiger partial charge in [-0.15, -0.1) is 0 Å². The van der Waals surface area contributed by atoms with Crippen molar-refractivity contribution in [2.75, 3.05) is 31.1 Å². The summed E-state index contributed by atoms with van der Waals surface area (Å²) >= 11 is 0. The maximum atomic E-state index is 13.1. The molecule has 1 aromatic carbocycles. The molecule has 3 aromatic heterocycles. The first-order chi connectivity index (χ1) is 14.7. The van der Waals surface area contributed by atoms with Gasteiger partial charge in [-0.3, -0.25) is 9.78 Å². The number of aromatic nitrogens is 5. The summed E-state index contributed by atoms with van der Waals surface area (Å²) in [6.07, 6.45) is 5.14. The third kappa shape index (κ3) is 3.36. The van der Waals surface area contributed by atoms with Crippen LogP contribution in [0.15, 0.2) is 61.2 Å². The highest BCUT2D eigenvalue weighted by molar-refractivity contribution is 6.05. The van der Waals surface area contributed by atoms with Gasteiger partial charge in [0, 0.05) is 50.0 Å². The summed E-state index contributed by atoms with van der Waals surface area (Å²) < 4.78 is 1.74. The Morgan fingerprint density at radius 2 is 1.73 bits per heavy atom. The van der Waals surface area contributed by atoms with Crippen LogP contribution in [0.4, 0.5) is 5.82 Å². The van der Waals surface area contributed by atoms with Crippen LogP contribution >= 0.6 is 0 Å². The molecule has 0 N–H and O–H groups in total. The number of carbonyl (C=O) groups is 1. The number of aryl methyl sites for hydroxylation is 1. The van der Waals surface area contributed by atoms with Crippen molar-refractivity contribution >= 4 is 22.5 Å². The normalized spacial score (nSPS) is 14.3. The monoisotopic (exact) mass is 399 g/mol. The lowest BCUT2D eigenvalue weighted by molar-refractivity contribution is 0.0743. The van der Waals surface area contributed by atoms with Crippen LogP contribution < -0.4 is 4.90 Å². The molecule has 1 aliphatic rings. The van der Waals surface area contributed by atoms with E-state index in [0.717, 1.165) is 28.1 Å².